The van der Waals surface area contributed by atoms with Crippen molar-refractivity contribution in [3.63, 3.8) is 0 Å². The number of aliphatic carboxylic acids is 1. The minimum absolute atomic E-state index is 0.00226. The number of H-pyrrole nitrogens is 2. The van der Waals surface area contributed by atoms with Crippen LogP contribution in [-0.2, 0) is 38.4 Å². The third-order valence-electron chi connectivity index (χ3n) is 6.49. The molecule has 4 rings (SSSR count). The summed E-state index contributed by atoms with van der Waals surface area (Å²) in [4.78, 5) is 60.5. The SMILES string of the molecule is NC(Cc1c[nH]c2ccccc12)C(=O)NC(Cc1cnc[nH]1)C(=O)NC(Cc1ccc(O)cc1)C(=O)NCC(=O)O. The Morgan fingerprint density at radius 1 is 0.878 bits per heavy atom. The molecule has 0 saturated heterocycles. The van der Waals surface area contributed by atoms with E-state index in [4.69, 9.17) is 10.8 Å². The largest absolute Gasteiger partial charge is 0.508 e. The van der Waals surface area contributed by atoms with Crippen molar-refractivity contribution in [1.82, 2.24) is 30.9 Å². The standard InChI is InChI=1S/C28H31N7O6/c29-21(10-17-12-31-22-4-2-1-3-20(17)22)26(39)34-24(11-18-13-30-15-33-18)28(41)35-23(27(40)32-14-25(37)38)9-16-5-7-19(36)8-6-16/h1-8,12-13,15,21,23-24,31,36H,9-11,14,29H2,(H,30,33)(H,32,40)(H,34,39)(H,35,41)(H,37,38). The van der Waals surface area contributed by atoms with Gasteiger partial charge in [0.1, 0.15) is 24.4 Å². The number of aromatic amines is 2. The molecule has 0 fully saturated rings. The van der Waals surface area contributed by atoms with Crippen LogP contribution in [0.3, 0.4) is 0 Å². The first-order chi connectivity index (χ1) is 19.7. The second kappa shape index (κ2) is 13.3. The van der Waals surface area contributed by atoms with E-state index in [0.717, 1.165) is 16.5 Å². The molecule has 3 amide bonds. The van der Waals surface area contributed by atoms with Crippen molar-refractivity contribution in [1.29, 1.82) is 0 Å². The molecule has 3 unspecified atom stereocenters. The van der Waals surface area contributed by atoms with Crippen molar-refractivity contribution in [2.45, 2.75) is 37.4 Å². The molecular weight excluding hydrogens is 530 g/mol. The molecule has 0 aliphatic heterocycles. The predicted molar refractivity (Wildman–Crippen MR) is 149 cm³/mol. The molecule has 3 atom stereocenters. The van der Waals surface area contributed by atoms with Crippen molar-refractivity contribution in [2.75, 3.05) is 6.54 Å². The number of hydrogen-bond acceptors (Lipinski definition) is 7. The molecule has 9 N–H and O–H groups in total. The van der Waals surface area contributed by atoms with Crippen LogP contribution in [0.2, 0.25) is 0 Å². The van der Waals surface area contributed by atoms with E-state index in [1.807, 2.05) is 24.3 Å². The highest BCUT2D eigenvalue weighted by Crippen LogP contribution is 2.19. The molecule has 0 spiro atoms. The molecule has 4 aromatic rings. The van der Waals surface area contributed by atoms with Crippen LogP contribution < -0.4 is 21.7 Å². The maximum absolute atomic E-state index is 13.5. The average molecular weight is 562 g/mol. The number of fused-ring (bicyclic) bond motifs is 1. The van der Waals surface area contributed by atoms with Crippen LogP contribution in [0.4, 0.5) is 0 Å². The average Bonchev–Trinajstić information content (AvgIpc) is 3.62. The summed E-state index contributed by atoms with van der Waals surface area (Å²) in [5.41, 5.74) is 9.16. The predicted octanol–water partition coefficient (Wildman–Crippen LogP) is 0.122. The van der Waals surface area contributed by atoms with E-state index < -0.39 is 48.4 Å². The number of nitrogens with zero attached hydrogens (tertiary/aromatic N) is 1. The number of nitrogens with one attached hydrogen (secondary N) is 5. The van der Waals surface area contributed by atoms with Gasteiger partial charge in [-0.25, -0.2) is 4.98 Å². The summed E-state index contributed by atoms with van der Waals surface area (Å²) in [6.45, 7) is -0.641. The van der Waals surface area contributed by atoms with Gasteiger partial charge in [-0.05, 0) is 35.7 Å². The number of amides is 3. The fourth-order valence-corrected chi connectivity index (χ4v) is 4.37. The summed E-state index contributed by atoms with van der Waals surface area (Å²) < 4.78 is 0. The molecule has 13 heteroatoms. The molecule has 0 aliphatic rings. The number of para-hydroxylation sites is 1. The summed E-state index contributed by atoms with van der Waals surface area (Å²) in [6.07, 6.45) is 4.97. The van der Waals surface area contributed by atoms with Crippen molar-refractivity contribution >= 4 is 34.6 Å². The summed E-state index contributed by atoms with van der Waals surface area (Å²) >= 11 is 0. The Bertz CT molecular complexity index is 1500. The van der Waals surface area contributed by atoms with Crippen molar-refractivity contribution < 1.29 is 29.4 Å². The summed E-state index contributed by atoms with van der Waals surface area (Å²) in [5.74, 6) is -3.20. The van der Waals surface area contributed by atoms with Gasteiger partial charge in [-0.15, -0.1) is 0 Å². The van der Waals surface area contributed by atoms with Gasteiger partial charge < -0.3 is 41.9 Å². The Morgan fingerprint density at radius 2 is 1.59 bits per heavy atom. The second-order valence-electron chi connectivity index (χ2n) is 9.56. The fraction of sp³-hybridized carbons (Fsp3) is 0.250. The third-order valence-corrected chi connectivity index (χ3v) is 6.49. The number of phenols is 1. The quantitative estimate of drug-likeness (QED) is 0.112. The van der Waals surface area contributed by atoms with Gasteiger partial charge in [0.25, 0.3) is 0 Å². The van der Waals surface area contributed by atoms with E-state index in [-0.39, 0.29) is 25.0 Å². The normalized spacial score (nSPS) is 13.2. The molecule has 0 saturated carbocycles. The Balaban J connectivity index is 1.49. The van der Waals surface area contributed by atoms with Crippen LogP contribution in [-0.4, -0.2) is 73.5 Å². The van der Waals surface area contributed by atoms with E-state index in [1.165, 1.54) is 24.7 Å². The lowest BCUT2D eigenvalue weighted by molar-refractivity contribution is -0.138. The highest BCUT2D eigenvalue weighted by atomic mass is 16.4. The first kappa shape index (κ1) is 28.8. The third kappa shape index (κ3) is 7.92. The maximum Gasteiger partial charge on any atom is 0.322 e. The zero-order chi connectivity index (χ0) is 29.4. The number of nitrogens with two attached hydrogens (primary N) is 1. The van der Waals surface area contributed by atoms with Crippen LogP contribution in [0.1, 0.15) is 16.8 Å². The van der Waals surface area contributed by atoms with Crippen LogP contribution in [0.5, 0.6) is 5.75 Å². The van der Waals surface area contributed by atoms with Crippen LogP contribution in [0.25, 0.3) is 10.9 Å². The first-order valence-electron chi connectivity index (χ1n) is 12.9. The number of carbonyl (C=O) groups is 4. The summed E-state index contributed by atoms with van der Waals surface area (Å²) in [7, 11) is 0. The van der Waals surface area contributed by atoms with Crippen LogP contribution >= 0.6 is 0 Å². The summed E-state index contributed by atoms with van der Waals surface area (Å²) in [5, 5.41) is 27.1. The van der Waals surface area contributed by atoms with Gasteiger partial charge in [-0.2, -0.15) is 0 Å². The number of aromatic hydroxyl groups is 1. The zero-order valence-corrected chi connectivity index (χ0v) is 22.0. The number of hydrogen-bond donors (Lipinski definition) is 8. The van der Waals surface area contributed by atoms with Crippen molar-refractivity contribution in [2.24, 2.45) is 5.73 Å². The van der Waals surface area contributed by atoms with E-state index >= 15 is 0 Å². The van der Waals surface area contributed by atoms with Crippen LogP contribution in [0, 0.1) is 0 Å². The highest BCUT2D eigenvalue weighted by molar-refractivity contribution is 5.94. The number of benzene rings is 2. The topological polar surface area (TPSA) is 215 Å². The van der Waals surface area contributed by atoms with Gasteiger partial charge >= 0.3 is 5.97 Å². The van der Waals surface area contributed by atoms with Crippen molar-refractivity contribution in [3.8, 4) is 5.75 Å². The maximum atomic E-state index is 13.5. The van der Waals surface area contributed by atoms with Gasteiger partial charge in [0.15, 0.2) is 0 Å². The number of phenolic OH excluding ortho intramolecular Hbond substituents is 1. The minimum Gasteiger partial charge on any atom is -0.508 e. The number of carboxylic acids is 1. The van der Waals surface area contributed by atoms with E-state index in [9.17, 15) is 24.3 Å². The minimum atomic E-state index is -1.25. The molecule has 2 aromatic carbocycles. The Hall–Kier alpha value is -5.17. The highest BCUT2D eigenvalue weighted by Gasteiger charge is 2.29. The molecule has 13 nitrogen and oxygen atoms in total. The number of imidazole rings is 1. The van der Waals surface area contributed by atoms with E-state index in [2.05, 4.69) is 30.9 Å². The van der Waals surface area contributed by atoms with E-state index in [0.29, 0.717) is 11.3 Å². The summed E-state index contributed by atoms with van der Waals surface area (Å²) in [6, 6.07) is 10.3. The molecule has 41 heavy (non-hydrogen) atoms. The number of carbonyl (C=O) groups excluding carboxylic acids is 3. The molecule has 214 valence electrons. The van der Waals surface area contributed by atoms with Gasteiger partial charge in [-0.3, -0.25) is 19.2 Å². The van der Waals surface area contributed by atoms with Gasteiger partial charge in [0, 0.05) is 41.8 Å². The van der Waals surface area contributed by atoms with Crippen LogP contribution in [0.15, 0.2) is 67.3 Å². The Labute approximate surface area is 234 Å². The number of carboxylic acid groups (broad SMARTS) is 1. The zero-order valence-electron chi connectivity index (χ0n) is 22.0. The number of rotatable bonds is 13. The van der Waals surface area contributed by atoms with Crippen molar-refractivity contribution in [3.05, 3.63) is 84.1 Å². The van der Waals surface area contributed by atoms with Gasteiger partial charge in [0.2, 0.25) is 17.7 Å². The molecule has 0 aliphatic carbocycles. The smallest absolute Gasteiger partial charge is 0.322 e. The molecule has 0 radical (unpaired) electrons. The lowest BCUT2D eigenvalue weighted by Crippen LogP contribution is -2.57. The number of aromatic nitrogens is 3. The molecule has 2 heterocycles. The molecule has 0 bridgehead atoms. The molecular formula is C28H31N7O6. The second-order valence-corrected chi connectivity index (χ2v) is 9.56. The monoisotopic (exact) mass is 561 g/mol. The lowest BCUT2D eigenvalue weighted by Gasteiger charge is -2.24. The Morgan fingerprint density at radius 3 is 2.29 bits per heavy atom. The first-order valence-corrected chi connectivity index (χ1v) is 12.9. The van der Waals surface area contributed by atoms with Gasteiger partial charge in [0.05, 0.1) is 12.4 Å². The lowest BCUT2D eigenvalue weighted by atomic mass is 10.0. The Kier molecular flexibility index (Phi) is 9.32. The van der Waals surface area contributed by atoms with Gasteiger partial charge in [-0.1, -0.05) is 30.3 Å². The van der Waals surface area contributed by atoms with E-state index in [1.54, 1.807) is 18.3 Å². The fourth-order valence-electron chi connectivity index (χ4n) is 4.37. The molecule has 2 aromatic heterocycles.